The zero-order valence-electron chi connectivity index (χ0n) is 16.1. The Balaban J connectivity index is 1.45. The quantitative estimate of drug-likeness (QED) is 0.649. The molecule has 8 heteroatoms. The third kappa shape index (κ3) is 3.12. The summed E-state index contributed by atoms with van der Waals surface area (Å²) >= 11 is 6.26. The normalized spacial score (nSPS) is 22.5. The summed E-state index contributed by atoms with van der Waals surface area (Å²) in [6, 6.07) is 6.11. The Morgan fingerprint density at radius 3 is 2.61 bits per heavy atom. The molecule has 2 aliphatic rings. The second-order valence-corrected chi connectivity index (χ2v) is 8.41. The van der Waals surface area contributed by atoms with E-state index < -0.39 is 0 Å². The number of aryl methyl sites for hydroxylation is 1. The zero-order valence-corrected chi connectivity index (χ0v) is 16.9. The summed E-state index contributed by atoms with van der Waals surface area (Å²) in [7, 11) is 2.10. The number of nitrogens with zero attached hydrogens (tertiary/aromatic N) is 6. The molecule has 1 saturated carbocycles. The molecule has 1 aromatic carbocycles. The van der Waals surface area contributed by atoms with E-state index in [1.165, 1.54) is 5.56 Å². The van der Waals surface area contributed by atoms with Crippen molar-refractivity contribution in [3.63, 3.8) is 0 Å². The first kappa shape index (κ1) is 17.8. The summed E-state index contributed by atoms with van der Waals surface area (Å²) in [5.74, 6) is 4.30. The number of halogens is 1. The van der Waals surface area contributed by atoms with Gasteiger partial charge in [0.2, 0.25) is 5.89 Å². The van der Waals surface area contributed by atoms with E-state index in [0.29, 0.717) is 17.7 Å². The van der Waals surface area contributed by atoms with Crippen LogP contribution in [0.1, 0.15) is 66.4 Å². The van der Waals surface area contributed by atoms with Gasteiger partial charge in [-0.1, -0.05) is 16.8 Å². The van der Waals surface area contributed by atoms with Gasteiger partial charge in [-0.25, -0.2) is 0 Å². The van der Waals surface area contributed by atoms with Crippen molar-refractivity contribution in [2.24, 2.45) is 0 Å². The second-order valence-electron chi connectivity index (χ2n) is 7.98. The van der Waals surface area contributed by atoms with E-state index in [2.05, 4.69) is 49.0 Å². The summed E-state index contributed by atoms with van der Waals surface area (Å²) in [6.07, 6.45) is 4.18. The molecule has 146 valence electrons. The van der Waals surface area contributed by atoms with Gasteiger partial charge in [0, 0.05) is 30.3 Å². The molecule has 0 amide bonds. The molecule has 5 rings (SSSR count). The number of hydrogen-bond acceptors (Lipinski definition) is 6. The second kappa shape index (κ2) is 6.97. The minimum absolute atomic E-state index is 0.373. The van der Waals surface area contributed by atoms with Crippen molar-refractivity contribution in [3.05, 3.63) is 52.1 Å². The van der Waals surface area contributed by atoms with Crippen molar-refractivity contribution in [2.75, 3.05) is 7.05 Å². The zero-order chi connectivity index (χ0) is 19.3. The topological polar surface area (TPSA) is 72.9 Å². The first-order valence-electron chi connectivity index (χ1n) is 9.80. The lowest BCUT2D eigenvalue weighted by molar-refractivity contribution is 0.315. The number of fused-ring (bicyclic) bond motifs is 3. The molecule has 3 aromatic rings. The highest BCUT2D eigenvalue weighted by molar-refractivity contribution is 6.30. The van der Waals surface area contributed by atoms with E-state index in [1.807, 2.05) is 13.0 Å². The van der Waals surface area contributed by atoms with Crippen molar-refractivity contribution in [3.8, 4) is 5.69 Å². The molecule has 0 atom stereocenters. The Bertz CT molecular complexity index is 1000. The van der Waals surface area contributed by atoms with Gasteiger partial charge in [-0.05, 0) is 56.5 Å². The van der Waals surface area contributed by atoms with Crippen LogP contribution in [0.2, 0.25) is 5.02 Å². The maximum Gasteiger partial charge on any atom is 0.223 e. The van der Waals surface area contributed by atoms with Gasteiger partial charge in [-0.3, -0.25) is 9.47 Å². The molecule has 0 spiro atoms. The Morgan fingerprint density at radius 2 is 1.86 bits per heavy atom. The fourth-order valence-electron chi connectivity index (χ4n) is 4.54. The summed E-state index contributed by atoms with van der Waals surface area (Å²) in [5.41, 5.74) is 2.37. The molecule has 0 N–H and O–H groups in total. The molecule has 1 fully saturated rings. The van der Waals surface area contributed by atoms with Gasteiger partial charge < -0.3 is 4.52 Å². The first-order valence-corrected chi connectivity index (χ1v) is 10.2. The Morgan fingerprint density at radius 1 is 1.07 bits per heavy atom. The van der Waals surface area contributed by atoms with Crippen LogP contribution in [-0.2, 0) is 13.1 Å². The Labute approximate surface area is 168 Å². The molecular formula is C20H23ClN6O. The monoisotopic (exact) mass is 398 g/mol. The highest BCUT2D eigenvalue weighted by atomic mass is 35.5. The van der Waals surface area contributed by atoms with Gasteiger partial charge in [0.1, 0.15) is 5.82 Å². The predicted molar refractivity (Wildman–Crippen MR) is 105 cm³/mol. The van der Waals surface area contributed by atoms with Crippen LogP contribution in [0.25, 0.3) is 5.69 Å². The van der Waals surface area contributed by atoms with Crippen LogP contribution in [0.5, 0.6) is 0 Å². The van der Waals surface area contributed by atoms with E-state index in [0.717, 1.165) is 67.0 Å². The third-order valence-corrected chi connectivity index (χ3v) is 6.13. The van der Waals surface area contributed by atoms with Crippen LogP contribution in [0, 0.1) is 6.92 Å². The molecule has 0 radical (unpaired) electrons. The lowest BCUT2D eigenvalue weighted by atomic mass is 9.81. The van der Waals surface area contributed by atoms with E-state index in [9.17, 15) is 0 Å². The third-order valence-electron chi connectivity index (χ3n) is 5.89. The number of benzene rings is 1. The van der Waals surface area contributed by atoms with E-state index in [4.69, 9.17) is 16.1 Å². The van der Waals surface area contributed by atoms with Crippen LogP contribution >= 0.6 is 11.6 Å². The summed E-state index contributed by atoms with van der Waals surface area (Å²) in [4.78, 5) is 6.67. The molecule has 7 nitrogen and oxygen atoms in total. The van der Waals surface area contributed by atoms with E-state index in [1.54, 1.807) is 0 Å². The van der Waals surface area contributed by atoms with Gasteiger partial charge in [0.05, 0.1) is 12.2 Å². The van der Waals surface area contributed by atoms with Crippen LogP contribution in [0.4, 0.5) is 0 Å². The number of rotatable bonds is 2. The van der Waals surface area contributed by atoms with Gasteiger partial charge in [-0.15, -0.1) is 10.2 Å². The fraction of sp³-hybridized carbons (Fsp3) is 0.500. The lowest BCUT2D eigenvalue weighted by Gasteiger charge is -2.26. The maximum absolute atomic E-state index is 6.26. The summed E-state index contributed by atoms with van der Waals surface area (Å²) in [5, 5.41) is 14.1. The lowest BCUT2D eigenvalue weighted by Crippen LogP contribution is -2.17. The van der Waals surface area contributed by atoms with Gasteiger partial charge in [0.25, 0.3) is 0 Å². The SMILES string of the molecule is Cc1nc([C@H]2CC[C@H](c3nnc4n3-c3ccc(Cl)cc3CN(C)C4)CC2)no1. The van der Waals surface area contributed by atoms with Crippen LogP contribution in [0.15, 0.2) is 22.7 Å². The van der Waals surface area contributed by atoms with Crippen LogP contribution in [0.3, 0.4) is 0 Å². The Hall–Kier alpha value is -2.25. The Kier molecular flexibility index (Phi) is 4.44. The molecule has 1 aliphatic carbocycles. The van der Waals surface area contributed by atoms with E-state index >= 15 is 0 Å². The molecule has 0 unspecified atom stereocenters. The smallest absolute Gasteiger partial charge is 0.223 e. The maximum atomic E-state index is 6.26. The molecular weight excluding hydrogens is 376 g/mol. The van der Waals surface area contributed by atoms with Gasteiger partial charge in [-0.2, -0.15) is 4.98 Å². The highest BCUT2D eigenvalue weighted by Crippen LogP contribution is 2.40. The molecule has 2 aromatic heterocycles. The molecule has 28 heavy (non-hydrogen) atoms. The average molecular weight is 399 g/mol. The number of hydrogen-bond donors (Lipinski definition) is 0. The predicted octanol–water partition coefficient (Wildman–Crippen LogP) is 4.00. The molecule has 3 heterocycles. The molecule has 0 bridgehead atoms. The van der Waals surface area contributed by atoms with Crippen LogP contribution in [-0.4, -0.2) is 36.9 Å². The highest BCUT2D eigenvalue weighted by Gasteiger charge is 2.31. The number of aromatic nitrogens is 5. The standard InChI is InChI=1S/C20H23ClN6O/c1-12-22-19(25-28-12)13-3-5-14(6-4-13)20-24-23-18-11-26(2)10-15-9-16(21)7-8-17(15)27(18)20/h7-9,13-14H,3-6,10-11H2,1-2H3/t13-,14-. The van der Waals surface area contributed by atoms with E-state index in [-0.39, 0.29) is 0 Å². The molecule has 0 saturated heterocycles. The minimum atomic E-state index is 0.373. The summed E-state index contributed by atoms with van der Waals surface area (Å²) in [6.45, 7) is 3.47. The largest absolute Gasteiger partial charge is 0.340 e. The minimum Gasteiger partial charge on any atom is -0.340 e. The van der Waals surface area contributed by atoms with Crippen molar-refractivity contribution < 1.29 is 4.52 Å². The van der Waals surface area contributed by atoms with Crippen molar-refractivity contribution >= 4 is 11.6 Å². The van der Waals surface area contributed by atoms with Gasteiger partial charge >= 0.3 is 0 Å². The van der Waals surface area contributed by atoms with Gasteiger partial charge in [0.15, 0.2) is 11.6 Å². The van der Waals surface area contributed by atoms with Crippen molar-refractivity contribution in [1.82, 2.24) is 29.8 Å². The van der Waals surface area contributed by atoms with Crippen molar-refractivity contribution in [2.45, 2.75) is 57.5 Å². The average Bonchev–Trinajstić information content (AvgIpc) is 3.25. The summed E-state index contributed by atoms with van der Waals surface area (Å²) < 4.78 is 7.42. The van der Waals surface area contributed by atoms with Crippen molar-refractivity contribution in [1.29, 1.82) is 0 Å². The fourth-order valence-corrected chi connectivity index (χ4v) is 4.73. The van der Waals surface area contributed by atoms with Crippen LogP contribution < -0.4 is 0 Å². The molecule has 1 aliphatic heterocycles. The first-order chi connectivity index (χ1) is 13.6.